The number of rotatable bonds is 7. The van der Waals surface area contributed by atoms with Crippen LogP contribution in [0.25, 0.3) is 0 Å². The average molecular weight is 404 g/mol. The van der Waals surface area contributed by atoms with Crippen LogP contribution in [0, 0.1) is 0 Å². The highest BCUT2D eigenvalue weighted by Gasteiger charge is 2.28. The molecule has 6 nitrogen and oxygen atoms in total. The SMILES string of the molecule is CCC(Oc1cccc(OC)c1)C(=O)Nc1sc2c(c1C(=O)OC)CCCC2. The number of aryl methyl sites for hydroxylation is 1. The van der Waals surface area contributed by atoms with E-state index in [2.05, 4.69) is 5.32 Å². The number of fused-ring (bicyclic) bond motifs is 1. The third-order valence-corrected chi connectivity index (χ3v) is 5.99. The molecule has 0 saturated heterocycles. The summed E-state index contributed by atoms with van der Waals surface area (Å²) >= 11 is 1.47. The molecule has 1 amide bonds. The third kappa shape index (κ3) is 4.30. The van der Waals surface area contributed by atoms with Crippen LogP contribution >= 0.6 is 11.3 Å². The molecular formula is C21H25NO5S. The quantitative estimate of drug-likeness (QED) is 0.701. The molecule has 1 aromatic heterocycles. The number of esters is 1. The van der Waals surface area contributed by atoms with E-state index in [0.717, 1.165) is 36.1 Å². The number of methoxy groups -OCH3 is 2. The highest BCUT2D eigenvalue weighted by atomic mass is 32.1. The molecule has 0 saturated carbocycles. The molecule has 2 aromatic rings. The van der Waals surface area contributed by atoms with Gasteiger partial charge < -0.3 is 19.5 Å². The molecule has 1 heterocycles. The Bertz CT molecular complexity index is 860. The van der Waals surface area contributed by atoms with E-state index in [1.54, 1.807) is 19.2 Å². The molecule has 0 fully saturated rings. The van der Waals surface area contributed by atoms with Crippen LogP contribution in [-0.2, 0) is 22.4 Å². The van der Waals surface area contributed by atoms with Crippen LogP contribution in [0.1, 0.15) is 47.0 Å². The highest BCUT2D eigenvalue weighted by Crippen LogP contribution is 2.38. The van der Waals surface area contributed by atoms with Crippen molar-refractivity contribution in [1.29, 1.82) is 0 Å². The van der Waals surface area contributed by atoms with Gasteiger partial charge in [0.2, 0.25) is 0 Å². The standard InChI is InChI=1S/C21H25NO5S/c1-4-16(27-14-9-7-8-13(12-14)25-2)19(23)22-20-18(21(24)26-3)15-10-5-6-11-17(15)28-20/h7-9,12,16H,4-6,10-11H2,1-3H3,(H,22,23). The summed E-state index contributed by atoms with van der Waals surface area (Å²) in [5, 5.41) is 3.46. The first-order valence-corrected chi connectivity index (χ1v) is 10.2. The molecule has 1 atom stereocenters. The van der Waals surface area contributed by atoms with E-state index < -0.39 is 12.1 Å². The molecule has 1 N–H and O–H groups in total. The Labute approximate surface area is 168 Å². The van der Waals surface area contributed by atoms with Gasteiger partial charge in [-0.15, -0.1) is 11.3 Å². The van der Waals surface area contributed by atoms with Crippen molar-refractivity contribution in [1.82, 2.24) is 0 Å². The van der Waals surface area contributed by atoms with E-state index in [4.69, 9.17) is 14.2 Å². The van der Waals surface area contributed by atoms with Crippen LogP contribution in [0.3, 0.4) is 0 Å². The fourth-order valence-corrected chi connectivity index (χ4v) is 4.61. The fourth-order valence-electron chi connectivity index (χ4n) is 3.33. The monoisotopic (exact) mass is 403 g/mol. The summed E-state index contributed by atoms with van der Waals surface area (Å²) in [7, 11) is 2.94. The van der Waals surface area contributed by atoms with E-state index in [0.29, 0.717) is 28.5 Å². The average Bonchev–Trinajstić information content (AvgIpc) is 3.09. The Morgan fingerprint density at radius 2 is 1.93 bits per heavy atom. The second-order valence-electron chi connectivity index (χ2n) is 6.59. The van der Waals surface area contributed by atoms with Gasteiger partial charge in [-0.05, 0) is 49.8 Å². The summed E-state index contributed by atoms with van der Waals surface area (Å²) in [4.78, 5) is 26.4. The number of hydrogen-bond acceptors (Lipinski definition) is 6. The van der Waals surface area contributed by atoms with Gasteiger partial charge in [-0.3, -0.25) is 4.79 Å². The molecule has 0 aliphatic heterocycles. The maximum atomic E-state index is 12.9. The van der Waals surface area contributed by atoms with Crippen LogP contribution in [0.15, 0.2) is 24.3 Å². The Hall–Kier alpha value is -2.54. The largest absolute Gasteiger partial charge is 0.497 e. The molecule has 0 spiro atoms. The van der Waals surface area contributed by atoms with Gasteiger partial charge in [0.1, 0.15) is 16.5 Å². The number of benzene rings is 1. The van der Waals surface area contributed by atoms with Crippen molar-refractivity contribution in [3.8, 4) is 11.5 Å². The zero-order valence-corrected chi connectivity index (χ0v) is 17.2. The number of anilines is 1. The lowest BCUT2D eigenvalue weighted by Gasteiger charge is -2.17. The number of carbonyl (C=O) groups excluding carboxylic acids is 2. The van der Waals surface area contributed by atoms with E-state index in [1.165, 1.54) is 18.4 Å². The Balaban J connectivity index is 1.80. The molecule has 1 aliphatic carbocycles. The van der Waals surface area contributed by atoms with Crippen molar-refractivity contribution in [2.75, 3.05) is 19.5 Å². The van der Waals surface area contributed by atoms with Crippen LogP contribution in [0.2, 0.25) is 0 Å². The smallest absolute Gasteiger partial charge is 0.341 e. The zero-order chi connectivity index (χ0) is 20.1. The van der Waals surface area contributed by atoms with Crippen molar-refractivity contribution in [3.05, 3.63) is 40.3 Å². The molecule has 28 heavy (non-hydrogen) atoms. The lowest BCUT2D eigenvalue weighted by molar-refractivity contribution is -0.122. The van der Waals surface area contributed by atoms with Gasteiger partial charge in [0.25, 0.3) is 5.91 Å². The molecule has 0 radical (unpaired) electrons. The van der Waals surface area contributed by atoms with Gasteiger partial charge in [0.15, 0.2) is 6.10 Å². The van der Waals surface area contributed by atoms with E-state index in [1.807, 2.05) is 19.1 Å². The lowest BCUT2D eigenvalue weighted by Crippen LogP contribution is -2.32. The van der Waals surface area contributed by atoms with Gasteiger partial charge in [0, 0.05) is 10.9 Å². The van der Waals surface area contributed by atoms with Crippen LogP contribution in [-0.4, -0.2) is 32.2 Å². The summed E-state index contributed by atoms with van der Waals surface area (Å²) in [6.45, 7) is 1.88. The molecule has 150 valence electrons. The maximum Gasteiger partial charge on any atom is 0.341 e. The van der Waals surface area contributed by atoms with Crippen molar-refractivity contribution in [3.63, 3.8) is 0 Å². The summed E-state index contributed by atoms with van der Waals surface area (Å²) in [6.07, 6.45) is 3.70. The van der Waals surface area contributed by atoms with Crippen molar-refractivity contribution < 1.29 is 23.8 Å². The fraction of sp³-hybridized carbons (Fsp3) is 0.429. The summed E-state index contributed by atoms with van der Waals surface area (Å²) in [6, 6.07) is 7.13. The van der Waals surface area contributed by atoms with Gasteiger partial charge in [-0.2, -0.15) is 0 Å². The van der Waals surface area contributed by atoms with Gasteiger partial charge in [-0.1, -0.05) is 13.0 Å². The van der Waals surface area contributed by atoms with Gasteiger partial charge in [-0.25, -0.2) is 4.79 Å². The predicted octanol–water partition coefficient (Wildman–Crippen LogP) is 4.22. The zero-order valence-electron chi connectivity index (χ0n) is 16.4. The van der Waals surface area contributed by atoms with Crippen LogP contribution < -0.4 is 14.8 Å². The molecule has 7 heteroatoms. The first-order valence-electron chi connectivity index (χ1n) is 9.41. The predicted molar refractivity (Wildman–Crippen MR) is 109 cm³/mol. The maximum absolute atomic E-state index is 12.9. The Kier molecular flexibility index (Phi) is 6.57. The molecule has 0 bridgehead atoms. The number of carbonyl (C=O) groups is 2. The molecule has 1 aliphatic rings. The number of amides is 1. The van der Waals surface area contributed by atoms with E-state index in [-0.39, 0.29) is 5.91 Å². The number of hydrogen-bond donors (Lipinski definition) is 1. The first-order chi connectivity index (χ1) is 13.6. The molecule has 3 rings (SSSR count). The third-order valence-electron chi connectivity index (χ3n) is 4.78. The Morgan fingerprint density at radius 1 is 1.18 bits per heavy atom. The molecule has 1 aromatic carbocycles. The summed E-state index contributed by atoms with van der Waals surface area (Å²) < 4.78 is 16.0. The number of nitrogens with one attached hydrogen (secondary N) is 1. The minimum Gasteiger partial charge on any atom is -0.497 e. The summed E-state index contributed by atoms with van der Waals surface area (Å²) in [5.41, 5.74) is 1.51. The topological polar surface area (TPSA) is 73.9 Å². The molecular weight excluding hydrogens is 378 g/mol. The van der Waals surface area contributed by atoms with Crippen molar-refractivity contribution in [2.24, 2.45) is 0 Å². The number of ether oxygens (including phenoxy) is 3. The number of thiophene rings is 1. The first kappa shape index (κ1) is 20.2. The lowest BCUT2D eigenvalue weighted by atomic mass is 9.95. The van der Waals surface area contributed by atoms with Gasteiger partial charge in [0.05, 0.1) is 19.8 Å². The minimum atomic E-state index is -0.684. The van der Waals surface area contributed by atoms with Crippen molar-refractivity contribution in [2.45, 2.75) is 45.1 Å². The van der Waals surface area contributed by atoms with Crippen LogP contribution in [0.4, 0.5) is 5.00 Å². The molecule has 1 unspecified atom stereocenters. The second-order valence-corrected chi connectivity index (χ2v) is 7.69. The van der Waals surface area contributed by atoms with Crippen molar-refractivity contribution >= 4 is 28.2 Å². The van der Waals surface area contributed by atoms with E-state index >= 15 is 0 Å². The van der Waals surface area contributed by atoms with Crippen LogP contribution in [0.5, 0.6) is 11.5 Å². The Morgan fingerprint density at radius 3 is 2.64 bits per heavy atom. The minimum absolute atomic E-state index is 0.283. The van der Waals surface area contributed by atoms with E-state index in [9.17, 15) is 9.59 Å². The summed E-state index contributed by atoms with van der Waals surface area (Å²) in [5.74, 6) is 0.525. The van der Waals surface area contributed by atoms with Gasteiger partial charge >= 0.3 is 5.97 Å². The second kappa shape index (κ2) is 9.10. The normalized spacial score (nSPS) is 14.0. The highest BCUT2D eigenvalue weighted by molar-refractivity contribution is 7.17.